The van der Waals surface area contributed by atoms with E-state index in [1.165, 1.54) is 0 Å². The number of amides is 1. The predicted octanol–water partition coefficient (Wildman–Crippen LogP) is 1.17. The number of likely N-dealkylation sites (N-methyl/N-ethyl adjacent to an activating group) is 1. The van der Waals surface area contributed by atoms with Crippen molar-refractivity contribution >= 4 is 5.91 Å². The van der Waals surface area contributed by atoms with Crippen LogP contribution in [0.4, 0.5) is 0 Å². The molecular weight excluding hydrogens is 306 g/mol. The third kappa shape index (κ3) is 3.94. The van der Waals surface area contributed by atoms with Crippen LogP contribution >= 0.6 is 0 Å². The molecule has 1 atom stereocenters. The molecule has 3 rings (SSSR count). The highest BCUT2D eigenvalue weighted by Gasteiger charge is 2.53. The van der Waals surface area contributed by atoms with Gasteiger partial charge in [0.1, 0.15) is 5.60 Å². The lowest BCUT2D eigenvalue weighted by atomic mass is 9.79. The quantitative estimate of drug-likeness (QED) is 0.701. The summed E-state index contributed by atoms with van der Waals surface area (Å²) >= 11 is 0. The molecule has 1 aromatic rings. The van der Waals surface area contributed by atoms with Crippen molar-refractivity contribution < 1.29 is 14.3 Å². The summed E-state index contributed by atoms with van der Waals surface area (Å²) in [6.07, 6.45) is 3.82. The van der Waals surface area contributed by atoms with Crippen LogP contribution in [0, 0.1) is 5.92 Å². The van der Waals surface area contributed by atoms with Crippen molar-refractivity contribution in [2.24, 2.45) is 5.92 Å². The SMILES string of the molecule is CN(C)CC(=O)N1CC2(C1)OCCC2CCOCc1ccccn1. The molecular formula is C18H27N3O3. The van der Waals surface area contributed by atoms with Gasteiger partial charge in [0.2, 0.25) is 5.91 Å². The minimum atomic E-state index is -0.129. The molecule has 24 heavy (non-hydrogen) atoms. The maximum atomic E-state index is 12.1. The lowest BCUT2D eigenvalue weighted by Crippen LogP contribution is -2.67. The van der Waals surface area contributed by atoms with Gasteiger partial charge < -0.3 is 19.3 Å². The van der Waals surface area contributed by atoms with E-state index in [1.807, 2.05) is 42.1 Å². The van der Waals surface area contributed by atoms with Gasteiger partial charge in [0.15, 0.2) is 0 Å². The normalized spacial score (nSPS) is 22.1. The Kier molecular flexibility index (Phi) is 5.48. The maximum absolute atomic E-state index is 12.1. The predicted molar refractivity (Wildman–Crippen MR) is 90.4 cm³/mol. The Hall–Kier alpha value is -1.50. The summed E-state index contributed by atoms with van der Waals surface area (Å²) in [5, 5.41) is 0. The largest absolute Gasteiger partial charge is 0.375 e. The minimum absolute atomic E-state index is 0.129. The zero-order chi connectivity index (χ0) is 17.0. The molecule has 0 N–H and O–H groups in total. The molecule has 2 aliphatic heterocycles. The molecule has 6 heteroatoms. The Morgan fingerprint density at radius 2 is 2.29 bits per heavy atom. The number of likely N-dealkylation sites (tertiary alicyclic amines) is 1. The van der Waals surface area contributed by atoms with E-state index in [0.29, 0.717) is 25.7 Å². The van der Waals surface area contributed by atoms with Gasteiger partial charge >= 0.3 is 0 Å². The third-order valence-corrected chi connectivity index (χ3v) is 4.91. The van der Waals surface area contributed by atoms with Crippen molar-refractivity contribution in [3.05, 3.63) is 30.1 Å². The molecule has 0 bridgehead atoms. The second-order valence-electron chi connectivity index (χ2n) is 7.05. The standard InChI is InChI=1S/C18H27N3O3/c1-20(2)11-17(22)21-13-18(14-21)15(7-10-24-18)6-9-23-12-16-5-3-4-8-19-16/h3-5,8,15H,6-7,9-14H2,1-2H3. The first-order valence-electron chi connectivity index (χ1n) is 8.63. The van der Waals surface area contributed by atoms with E-state index >= 15 is 0 Å². The Bertz CT molecular complexity index is 544. The number of hydrogen-bond donors (Lipinski definition) is 0. The number of hydrogen-bond acceptors (Lipinski definition) is 5. The van der Waals surface area contributed by atoms with E-state index < -0.39 is 0 Å². The lowest BCUT2D eigenvalue weighted by molar-refractivity contribution is -0.166. The van der Waals surface area contributed by atoms with Crippen molar-refractivity contribution in [1.82, 2.24) is 14.8 Å². The summed E-state index contributed by atoms with van der Waals surface area (Å²) in [6, 6.07) is 5.85. The fourth-order valence-corrected chi connectivity index (χ4v) is 3.57. The molecule has 6 nitrogen and oxygen atoms in total. The van der Waals surface area contributed by atoms with Gasteiger partial charge in [0.25, 0.3) is 0 Å². The molecule has 2 fully saturated rings. The average molecular weight is 333 g/mol. The van der Waals surface area contributed by atoms with Crippen molar-refractivity contribution in [3.63, 3.8) is 0 Å². The van der Waals surface area contributed by atoms with Crippen LogP contribution in [-0.4, -0.2) is 73.2 Å². The molecule has 2 saturated heterocycles. The molecule has 1 amide bonds. The zero-order valence-electron chi connectivity index (χ0n) is 14.6. The zero-order valence-corrected chi connectivity index (χ0v) is 14.6. The highest BCUT2D eigenvalue weighted by molar-refractivity contribution is 5.79. The second kappa shape index (κ2) is 7.59. The molecule has 0 aliphatic carbocycles. The van der Waals surface area contributed by atoms with E-state index in [-0.39, 0.29) is 11.5 Å². The molecule has 0 saturated carbocycles. The number of pyridine rings is 1. The number of aromatic nitrogens is 1. The molecule has 132 valence electrons. The summed E-state index contributed by atoms with van der Waals surface area (Å²) in [4.78, 5) is 20.2. The number of ether oxygens (including phenoxy) is 2. The van der Waals surface area contributed by atoms with Crippen LogP contribution in [0.25, 0.3) is 0 Å². The maximum Gasteiger partial charge on any atom is 0.236 e. The summed E-state index contributed by atoms with van der Waals surface area (Å²) in [6.45, 7) is 3.97. The Morgan fingerprint density at radius 3 is 3.00 bits per heavy atom. The van der Waals surface area contributed by atoms with Crippen LogP contribution in [0.5, 0.6) is 0 Å². The fraction of sp³-hybridized carbons (Fsp3) is 0.667. The molecule has 0 aromatic carbocycles. The highest BCUT2D eigenvalue weighted by atomic mass is 16.5. The summed E-state index contributed by atoms with van der Waals surface area (Å²) in [5.74, 6) is 0.663. The van der Waals surface area contributed by atoms with E-state index in [0.717, 1.165) is 38.2 Å². The van der Waals surface area contributed by atoms with Gasteiger partial charge in [-0.05, 0) is 45.0 Å². The number of rotatable bonds is 7. The number of nitrogens with zero attached hydrogens (tertiary/aromatic N) is 3. The van der Waals surface area contributed by atoms with Crippen LogP contribution in [-0.2, 0) is 20.9 Å². The van der Waals surface area contributed by atoms with E-state index in [1.54, 1.807) is 6.20 Å². The van der Waals surface area contributed by atoms with Gasteiger partial charge in [-0.3, -0.25) is 9.78 Å². The van der Waals surface area contributed by atoms with Gasteiger partial charge in [-0.2, -0.15) is 0 Å². The average Bonchev–Trinajstić information content (AvgIpc) is 2.94. The van der Waals surface area contributed by atoms with E-state index in [4.69, 9.17) is 9.47 Å². The Balaban J connectivity index is 1.41. The van der Waals surface area contributed by atoms with Crippen molar-refractivity contribution in [2.75, 3.05) is 46.9 Å². The highest BCUT2D eigenvalue weighted by Crippen LogP contribution is 2.41. The molecule has 3 heterocycles. The van der Waals surface area contributed by atoms with Gasteiger partial charge in [-0.1, -0.05) is 6.07 Å². The molecule has 1 aromatic heterocycles. The van der Waals surface area contributed by atoms with Gasteiger partial charge in [-0.25, -0.2) is 0 Å². The summed E-state index contributed by atoms with van der Waals surface area (Å²) in [5.41, 5.74) is 0.829. The second-order valence-corrected chi connectivity index (χ2v) is 7.05. The van der Waals surface area contributed by atoms with Crippen molar-refractivity contribution in [2.45, 2.75) is 25.0 Å². The number of carbonyl (C=O) groups excluding carboxylic acids is 1. The van der Waals surface area contributed by atoms with Crippen LogP contribution in [0.15, 0.2) is 24.4 Å². The summed E-state index contributed by atoms with van der Waals surface area (Å²) < 4.78 is 11.8. The van der Waals surface area contributed by atoms with Crippen LogP contribution < -0.4 is 0 Å². The number of carbonyl (C=O) groups is 1. The fourth-order valence-electron chi connectivity index (χ4n) is 3.57. The van der Waals surface area contributed by atoms with E-state index in [9.17, 15) is 4.79 Å². The molecule has 1 spiro atoms. The third-order valence-electron chi connectivity index (χ3n) is 4.91. The van der Waals surface area contributed by atoms with Crippen LogP contribution in [0.1, 0.15) is 18.5 Å². The van der Waals surface area contributed by atoms with Crippen molar-refractivity contribution in [1.29, 1.82) is 0 Å². The van der Waals surface area contributed by atoms with Gasteiger partial charge in [-0.15, -0.1) is 0 Å². The first kappa shape index (κ1) is 17.3. The first-order chi connectivity index (χ1) is 11.6. The van der Waals surface area contributed by atoms with E-state index in [2.05, 4.69) is 4.98 Å². The van der Waals surface area contributed by atoms with Crippen LogP contribution in [0.3, 0.4) is 0 Å². The minimum Gasteiger partial charge on any atom is -0.375 e. The Morgan fingerprint density at radius 1 is 1.46 bits per heavy atom. The smallest absolute Gasteiger partial charge is 0.236 e. The summed E-state index contributed by atoms with van der Waals surface area (Å²) in [7, 11) is 3.84. The first-order valence-corrected chi connectivity index (χ1v) is 8.63. The van der Waals surface area contributed by atoms with Crippen molar-refractivity contribution in [3.8, 4) is 0 Å². The molecule has 2 aliphatic rings. The topological polar surface area (TPSA) is 54.9 Å². The monoisotopic (exact) mass is 333 g/mol. The van der Waals surface area contributed by atoms with Gasteiger partial charge in [0, 0.05) is 19.4 Å². The molecule has 0 radical (unpaired) electrons. The Labute approximate surface area is 143 Å². The van der Waals surface area contributed by atoms with Crippen LogP contribution in [0.2, 0.25) is 0 Å². The lowest BCUT2D eigenvalue weighted by Gasteiger charge is -2.50. The van der Waals surface area contributed by atoms with Gasteiger partial charge in [0.05, 0.1) is 31.9 Å². The molecule has 1 unspecified atom stereocenters.